The van der Waals surface area contributed by atoms with Gasteiger partial charge in [-0.15, -0.1) is 0 Å². The zero-order chi connectivity index (χ0) is 13.0. The fourth-order valence-electron chi connectivity index (χ4n) is 1.42. The summed E-state index contributed by atoms with van der Waals surface area (Å²) in [6.07, 6.45) is 1.57. The fraction of sp³-hybridized carbons (Fsp3) is 0.0769. The normalized spacial score (nSPS) is 9.78. The molecule has 0 aliphatic rings. The monoisotopic (exact) mass is 259 g/mol. The number of anilines is 1. The quantitative estimate of drug-likeness (QED) is 0.861. The molecule has 1 heterocycles. The van der Waals surface area contributed by atoms with Crippen LogP contribution in [0.2, 0.25) is 5.02 Å². The predicted molar refractivity (Wildman–Crippen MR) is 69.1 cm³/mol. The zero-order valence-corrected chi connectivity index (χ0v) is 10.2. The van der Waals surface area contributed by atoms with Crippen LogP contribution in [-0.2, 0) is 6.61 Å². The summed E-state index contributed by atoms with van der Waals surface area (Å²) in [7, 11) is 0. The molecule has 0 bridgehead atoms. The van der Waals surface area contributed by atoms with E-state index in [2.05, 4.69) is 4.98 Å². The van der Waals surface area contributed by atoms with Crippen LogP contribution in [0.5, 0.6) is 5.75 Å². The highest BCUT2D eigenvalue weighted by atomic mass is 35.5. The van der Waals surface area contributed by atoms with E-state index in [0.29, 0.717) is 28.8 Å². The maximum absolute atomic E-state index is 8.73. The molecular formula is C13H10ClN3O. The van der Waals surface area contributed by atoms with Crippen molar-refractivity contribution in [1.82, 2.24) is 4.98 Å². The molecule has 18 heavy (non-hydrogen) atoms. The Kier molecular flexibility index (Phi) is 3.66. The molecule has 2 aromatic rings. The third-order valence-corrected chi connectivity index (χ3v) is 2.58. The Balaban J connectivity index is 2.09. The Hall–Kier alpha value is -2.25. The number of benzene rings is 1. The van der Waals surface area contributed by atoms with Crippen molar-refractivity contribution in [3.8, 4) is 11.8 Å². The highest BCUT2D eigenvalue weighted by Gasteiger charge is 2.03. The van der Waals surface area contributed by atoms with Crippen molar-refractivity contribution in [2.24, 2.45) is 0 Å². The topological polar surface area (TPSA) is 71.9 Å². The summed E-state index contributed by atoms with van der Waals surface area (Å²) < 4.78 is 5.55. The van der Waals surface area contributed by atoms with E-state index in [1.165, 1.54) is 0 Å². The van der Waals surface area contributed by atoms with Crippen LogP contribution in [-0.4, -0.2) is 4.98 Å². The molecule has 0 fully saturated rings. The number of nitrogens with two attached hydrogens (primary N) is 1. The smallest absolute Gasteiger partial charge is 0.140 e. The molecule has 0 aliphatic carbocycles. The molecule has 0 spiro atoms. The molecule has 0 aliphatic heterocycles. The lowest BCUT2D eigenvalue weighted by atomic mass is 10.2. The Morgan fingerprint density at radius 3 is 2.89 bits per heavy atom. The summed E-state index contributed by atoms with van der Waals surface area (Å²) >= 11 is 5.98. The average molecular weight is 260 g/mol. The van der Waals surface area contributed by atoms with Gasteiger partial charge in [0.05, 0.1) is 5.02 Å². The lowest BCUT2D eigenvalue weighted by molar-refractivity contribution is 0.306. The van der Waals surface area contributed by atoms with Gasteiger partial charge >= 0.3 is 0 Å². The molecule has 0 atom stereocenters. The van der Waals surface area contributed by atoms with Gasteiger partial charge in [-0.25, -0.2) is 4.98 Å². The van der Waals surface area contributed by atoms with E-state index in [9.17, 15) is 0 Å². The van der Waals surface area contributed by atoms with E-state index in [4.69, 9.17) is 27.3 Å². The zero-order valence-electron chi connectivity index (χ0n) is 9.43. The average Bonchev–Trinajstić information content (AvgIpc) is 2.38. The van der Waals surface area contributed by atoms with Gasteiger partial charge < -0.3 is 10.5 Å². The van der Waals surface area contributed by atoms with E-state index in [1.54, 1.807) is 36.5 Å². The fourth-order valence-corrected chi connectivity index (χ4v) is 1.66. The van der Waals surface area contributed by atoms with Crippen LogP contribution in [0.1, 0.15) is 11.3 Å². The number of rotatable bonds is 3. The standard InChI is InChI=1S/C13H10ClN3O/c14-12-6-10(16)1-2-13(12)18-8-9-3-4-17-11(5-9)7-15/h1-6H,8,16H2. The molecular weight excluding hydrogens is 250 g/mol. The molecule has 0 amide bonds. The third kappa shape index (κ3) is 2.90. The lowest BCUT2D eigenvalue weighted by Crippen LogP contribution is -1.97. The number of hydrogen-bond acceptors (Lipinski definition) is 4. The summed E-state index contributed by atoms with van der Waals surface area (Å²) in [4.78, 5) is 3.88. The van der Waals surface area contributed by atoms with Crippen molar-refractivity contribution < 1.29 is 4.74 Å². The molecule has 90 valence electrons. The molecule has 1 aromatic carbocycles. The van der Waals surface area contributed by atoms with Gasteiger partial charge in [-0.2, -0.15) is 5.26 Å². The summed E-state index contributed by atoms with van der Waals surface area (Å²) in [5.41, 5.74) is 7.39. The van der Waals surface area contributed by atoms with Gasteiger partial charge in [0.2, 0.25) is 0 Å². The predicted octanol–water partition coefficient (Wildman–Crippen LogP) is 2.77. The number of aromatic nitrogens is 1. The molecule has 2 N–H and O–H groups in total. The lowest BCUT2D eigenvalue weighted by Gasteiger charge is -2.08. The van der Waals surface area contributed by atoms with Gasteiger partial charge in [-0.05, 0) is 35.9 Å². The maximum atomic E-state index is 8.73. The minimum atomic E-state index is 0.320. The summed E-state index contributed by atoms with van der Waals surface area (Å²) in [6.45, 7) is 0.320. The first-order chi connectivity index (χ1) is 8.69. The molecule has 0 unspecified atom stereocenters. The number of ether oxygens (including phenoxy) is 1. The van der Waals surface area contributed by atoms with Crippen LogP contribution in [0.15, 0.2) is 36.5 Å². The minimum absolute atomic E-state index is 0.320. The van der Waals surface area contributed by atoms with Crippen molar-refractivity contribution in [3.05, 3.63) is 52.8 Å². The largest absolute Gasteiger partial charge is 0.487 e. The molecule has 1 aromatic heterocycles. The first kappa shape index (κ1) is 12.2. The van der Waals surface area contributed by atoms with E-state index < -0.39 is 0 Å². The molecule has 0 radical (unpaired) electrons. The molecule has 0 saturated carbocycles. The summed E-state index contributed by atoms with van der Waals surface area (Å²) in [6, 6.07) is 10.5. The Morgan fingerprint density at radius 1 is 1.33 bits per heavy atom. The first-order valence-corrected chi connectivity index (χ1v) is 5.59. The van der Waals surface area contributed by atoms with Gasteiger partial charge in [0.15, 0.2) is 0 Å². The van der Waals surface area contributed by atoms with Crippen LogP contribution in [0.4, 0.5) is 5.69 Å². The van der Waals surface area contributed by atoms with E-state index in [0.717, 1.165) is 5.56 Å². The molecule has 2 rings (SSSR count). The maximum Gasteiger partial charge on any atom is 0.140 e. The van der Waals surface area contributed by atoms with Crippen molar-refractivity contribution in [2.45, 2.75) is 6.61 Å². The van der Waals surface area contributed by atoms with Crippen LogP contribution in [0.25, 0.3) is 0 Å². The van der Waals surface area contributed by atoms with Crippen LogP contribution >= 0.6 is 11.6 Å². The first-order valence-electron chi connectivity index (χ1n) is 5.22. The number of nitriles is 1. The molecule has 4 nitrogen and oxygen atoms in total. The Labute approximate surface area is 110 Å². The Bertz CT molecular complexity index is 607. The van der Waals surface area contributed by atoms with E-state index in [1.807, 2.05) is 6.07 Å². The van der Waals surface area contributed by atoms with Crippen LogP contribution < -0.4 is 10.5 Å². The third-order valence-electron chi connectivity index (χ3n) is 2.29. The van der Waals surface area contributed by atoms with Crippen molar-refractivity contribution in [2.75, 3.05) is 5.73 Å². The van der Waals surface area contributed by atoms with Crippen LogP contribution in [0, 0.1) is 11.3 Å². The summed E-state index contributed by atoms with van der Waals surface area (Å²) in [5, 5.41) is 9.20. The van der Waals surface area contributed by atoms with Crippen molar-refractivity contribution >= 4 is 17.3 Å². The number of halogens is 1. The van der Waals surface area contributed by atoms with Gasteiger partial charge in [0.1, 0.15) is 24.1 Å². The molecule has 0 saturated heterocycles. The minimum Gasteiger partial charge on any atom is -0.487 e. The van der Waals surface area contributed by atoms with Gasteiger partial charge in [-0.3, -0.25) is 0 Å². The second kappa shape index (κ2) is 5.39. The van der Waals surface area contributed by atoms with Crippen molar-refractivity contribution in [3.63, 3.8) is 0 Å². The van der Waals surface area contributed by atoms with E-state index in [-0.39, 0.29) is 0 Å². The second-order valence-corrected chi connectivity index (χ2v) is 4.05. The molecule has 5 heteroatoms. The van der Waals surface area contributed by atoms with Gasteiger partial charge in [0.25, 0.3) is 0 Å². The van der Waals surface area contributed by atoms with Crippen LogP contribution in [0.3, 0.4) is 0 Å². The Morgan fingerprint density at radius 2 is 2.17 bits per heavy atom. The summed E-state index contributed by atoms with van der Waals surface area (Å²) in [5.74, 6) is 0.557. The number of nitrogens with zero attached hydrogens (tertiary/aromatic N) is 2. The number of nitrogen functional groups attached to an aromatic ring is 1. The van der Waals surface area contributed by atoms with E-state index >= 15 is 0 Å². The number of hydrogen-bond donors (Lipinski definition) is 1. The van der Waals surface area contributed by atoms with Gasteiger partial charge in [-0.1, -0.05) is 11.6 Å². The van der Waals surface area contributed by atoms with Crippen molar-refractivity contribution in [1.29, 1.82) is 5.26 Å². The number of pyridine rings is 1. The highest BCUT2D eigenvalue weighted by molar-refractivity contribution is 6.32. The van der Waals surface area contributed by atoms with Gasteiger partial charge in [0, 0.05) is 11.9 Å². The SMILES string of the molecule is N#Cc1cc(COc2ccc(N)cc2Cl)ccn1. The highest BCUT2D eigenvalue weighted by Crippen LogP contribution is 2.27. The second-order valence-electron chi connectivity index (χ2n) is 3.64.